The van der Waals surface area contributed by atoms with E-state index in [2.05, 4.69) is 15.2 Å². The van der Waals surface area contributed by atoms with Gasteiger partial charge in [-0.1, -0.05) is 11.6 Å². The second-order valence-corrected chi connectivity index (χ2v) is 7.87. The Hall–Kier alpha value is -3.13. The Bertz CT molecular complexity index is 1260. The normalized spacial score (nSPS) is 14.2. The van der Waals surface area contributed by atoms with Crippen LogP contribution in [0.5, 0.6) is 0 Å². The molecule has 1 fully saturated rings. The lowest BCUT2D eigenvalue weighted by atomic mass is 10.1. The number of hydrogen-bond acceptors (Lipinski definition) is 5. The highest BCUT2D eigenvalue weighted by Gasteiger charge is 2.18. The molecule has 1 aliphatic heterocycles. The van der Waals surface area contributed by atoms with Gasteiger partial charge in [-0.2, -0.15) is 0 Å². The maximum Gasteiger partial charge on any atom is 0.332 e. The van der Waals surface area contributed by atoms with Gasteiger partial charge in [0.05, 0.1) is 16.8 Å². The van der Waals surface area contributed by atoms with Crippen molar-refractivity contribution in [1.29, 1.82) is 0 Å². The maximum atomic E-state index is 12.9. The van der Waals surface area contributed by atoms with Crippen LogP contribution in [0.1, 0.15) is 29.8 Å². The third-order valence-electron chi connectivity index (χ3n) is 5.44. The molecule has 0 atom stereocenters. The van der Waals surface area contributed by atoms with Crippen molar-refractivity contribution in [2.24, 2.45) is 14.1 Å². The van der Waals surface area contributed by atoms with Gasteiger partial charge in [0.1, 0.15) is 11.3 Å². The molecule has 1 aromatic carbocycles. The number of pyridine rings is 1. The van der Waals surface area contributed by atoms with E-state index in [-0.39, 0.29) is 16.7 Å². The van der Waals surface area contributed by atoms with E-state index in [1.165, 1.54) is 37.2 Å². The summed E-state index contributed by atoms with van der Waals surface area (Å²) in [5, 5.41) is 3.68. The van der Waals surface area contributed by atoms with E-state index in [0.717, 1.165) is 36.2 Å². The minimum absolute atomic E-state index is 0.107. The van der Waals surface area contributed by atoms with Crippen molar-refractivity contribution in [3.05, 3.63) is 61.9 Å². The zero-order valence-electron chi connectivity index (χ0n) is 16.8. The molecule has 9 heteroatoms. The van der Waals surface area contributed by atoms with Gasteiger partial charge in [-0.05, 0) is 49.6 Å². The number of aromatic nitrogens is 3. The monoisotopic (exact) mass is 427 g/mol. The molecule has 2 aromatic heterocycles. The molecule has 0 saturated carbocycles. The molecular weight excluding hydrogens is 406 g/mol. The van der Waals surface area contributed by atoms with Crippen LogP contribution >= 0.6 is 11.6 Å². The number of benzene rings is 1. The van der Waals surface area contributed by atoms with Crippen LogP contribution < -0.4 is 21.5 Å². The summed E-state index contributed by atoms with van der Waals surface area (Å²) in [6.45, 7) is 1.84. The molecule has 4 rings (SSSR count). The molecule has 0 aliphatic carbocycles. The Morgan fingerprint density at radius 2 is 1.77 bits per heavy atom. The van der Waals surface area contributed by atoms with Crippen molar-refractivity contribution < 1.29 is 4.79 Å². The molecule has 3 aromatic rings. The van der Waals surface area contributed by atoms with Crippen molar-refractivity contribution in [3.8, 4) is 0 Å². The molecule has 0 spiro atoms. The number of fused-ring (bicyclic) bond motifs is 1. The Balaban J connectivity index is 1.71. The number of piperidine rings is 1. The largest absolute Gasteiger partial charge is 0.370 e. The lowest BCUT2D eigenvalue weighted by molar-refractivity contribution is 0.102. The Morgan fingerprint density at radius 3 is 2.50 bits per heavy atom. The number of halogens is 1. The van der Waals surface area contributed by atoms with Crippen LogP contribution in [0, 0.1) is 0 Å². The molecule has 30 heavy (non-hydrogen) atoms. The van der Waals surface area contributed by atoms with E-state index < -0.39 is 17.2 Å². The maximum absolute atomic E-state index is 12.9. The Labute approximate surface area is 177 Å². The number of rotatable bonds is 3. The van der Waals surface area contributed by atoms with E-state index >= 15 is 0 Å². The number of hydrogen-bond donors (Lipinski definition) is 1. The zero-order chi connectivity index (χ0) is 21.4. The van der Waals surface area contributed by atoms with Gasteiger partial charge in [-0.25, -0.2) is 9.78 Å². The molecule has 0 unspecified atom stereocenters. The molecule has 1 N–H and O–H groups in total. The van der Waals surface area contributed by atoms with Crippen LogP contribution in [0.15, 0.2) is 39.9 Å². The fourth-order valence-corrected chi connectivity index (χ4v) is 3.96. The van der Waals surface area contributed by atoms with Crippen LogP contribution in [0.25, 0.3) is 11.0 Å². The highest BCUT2D eigenvalue weighted by molar-refractivity contribution is 6.31. The Kier molecular flexibility index (Phi) is 5.34. The topological polar surface area (TPSA) is 89.2 Å². The van der Waals surface area contributed by atoms with Crippen LogP contribution in [0.2, 0.25) is 5.02 Å². The first kappa shape index (κ1) is 20.2. The summed E-state index contributed by atoms with van der Waals surface area (Å²) in [4.78, 5) is 44.0. The fraction of sp³-hybridized carbons (Fsp3) is 0.333. The van der Waals surface area contributed by atoms with Gasteiger partial charge in [0, 0.05) is 32.2 Å². The summed E-state index contributed by atoms with van der Waals surface area (Å²) in [7, 11) is 2.93. The van der Waals surface area contributed by atoms with Crippen LogP contribution in [0.4, 0.5) is 11.4 Å². The lowest BCUT2D eigenvalue weighted by Gasteiger charge is -2.30. The average Bonchev–Trinajstić information content (AvgIpc) is 2.76. The molecule has 1 amide bonds. The van der Waals surface area contributed by atoms with Gasteiger partial charge in [0.15, 0.2) is 0 Å². The number of aryl methyl sites for hydroxylation is 1. The second-order valence-electron chi connectivity index (χ2n) is 7.44. The average molecular weight is 428 g/mol. The third kappa shape index (κ3) is 3.59. The van der Waals surface area contributed by atoms with E-state index in [0.29, 0.717) is 10.7 Å². The third-order valence-corrected chi connectivity index (χ3v) is 5.67. The number of nitrogens with zero attached hydrogens (tertiary/aromatic N) is 4. The lowest BCUT2D eigenvalue weighted by Crippen LogP contribution is -2.37. The second kappa shape index (κ2) is 7.95. The zero-order valence-corrected chi connectivity index (χ0v) is 17.6. The van der Waals surface area contributed by atoms with Gasteiger partial charge in [0.2, 0.25) is 0 Å². The number of amides is 1. The van der Waals surface area contributed by atoms with E-state index in [4.69, 9.17) is 11.6 Å². The van der Waals surface area contributed by atoms with Gasteiger partial charge in [-0.3, -0.25) is 18.7 Å². The van der Waals surface area contributed by atoms with Crippen molar-refractivity contribution in [3.63, 3.8) is 0 Å². The standard InChI is InChI=1S/C21H22ClN5O3/c1-25-18-14(20(29)26(2)21(25)30)7-8-15(23-18)19(28)24-16-12-13(22)6-9-17(16)27-10-4-3-5-11-27/h6-9,12H,3-5,10-11H2,1-2H3,(H,24,28). The molecule has 1 saturated heterocycles. The van der Waals surface area contributed by atoms with Gasteiger partial charge in [-0.15, -0.1) is 0 Å². The smallest absolute Gasteiger partial charge is 0.332 e. The molecule has 0 radical (unpaired) electrons. The summed E-state index contributed by atoms with van der Waals surface area (Å²) in [5.41, 5.74) is 0.839. The van der Waals surface area contributed by atoms with E-state index in [1.54, 1.807) is 12.1 Å². The molecule has 1 aliphatic rings. The van der Waals surface area contributed by atoms with Gasteiger partial charge in [0.25, 0.3) is 11.5 Å². The SMILES string of the molecule is Cn1c(=O)c2ccc(C(=O)Nc3cc(Cl)ccc3N3CCCCC3)nc2n(C)c1=O. The molecule has 8 nitrogen and oxygen atoms in total. The quantitative estimate of drug-likeness (QED) is 0.693. The summed E-state index contributed by atoms with van der Waals surface area (Å²) in [5.74, 6) is -0.439. The number of carbonyl (C=O) groups excluding carboxylic acids is 1. The summed E-state index contributed by atoms with van der Waals surface area (Å²) in [6, 6.07) is 8.43. The van der Waals surface area contributed by atoms with Crippen LogP contribution in [0.3, 0.4) is 0 Å². The summed E-state index contributed by atoms with van der Waals surface area (Å²) < 4.78 is 2.27. The minimum Gasteiger partial charge on any atom is -0.370 e. The highest BCUT2D eigenvalue weighted by Crippen LogP contribution is 2.31. The van der Waals surface area contributed by atoms with Crippen molar-refractivity contribution in [2.45, 2.75) is 19.3 Å². The summed E-state index contributed by atoms with van der Waals surface area (Å²) in [6.07, 6.45) is 3.40. The number of carbonyl (C=O) groups is 1. The van der Waals surface area contributed by atoms with Crippen molar-refractivity contribution >= 4 is 39.9 Å². The first-order valence-electron chi connectivity index (χ1n) is 9.79. The molecular formula is C21H22ClN5O3. The first-order valence-corrected chi connectivity index (χ1v) is 10.2. The van der Waals surface area contributed by atoms with Crippen LogP contribution in [-0.2, 0) is 14.1 Å². The van der Waals surface area contributed by atoms with E-state index in [1.807, 2.05) is 6.07 Å². The van der Waals surface area contributed by atoms with Crippen molar-refractivity contribution in [2.75, 3.05) is 23.3 Å². The Morgan fingerprint density at radius 1 is 1.03 bits per heavy atom. The molecule has 0 bridgehead atoms. The fourth-order valence-electron chi connectivity index (χ4n) is 3.79. The molecule has 3 heterocycles. The molecule has 156 valence electrons. The van der Waals surface area contributed by atoms with Gasteiger partial charge >= 0.3 is 5.69 Å². The van der Waals surface area contributed by atoms with E-state index in [9.17, 15) is 14.4 Å². The predicted octanol–water partition coefficient (Wildman–Crippen LogP) is 2.53. The number of anilines is 2. The first-order chi connectivity index (χ1) is 14.4. The summed E-state index contributed by atoms with van der Waals surface area (Å²) >= 11 is 6.17. The van der Waals surface area contributed by atoms with Crippen molar-refractivity contribution in [1.82, 2.24) is 14.1 Å². The highest BCUT2D eigenvalue weighted by atomic mass is 35.5. The van der Waals surface area contributed by atoms with Gasteiger partial charge < -0.3 is 10.2 Å². The van der Waals surface area contributed by atoms with Crippen LogP contribution in [-0.4, -0.2) is 33.1 Å². The number of nitrogens with one attached hydrogen (secondary N) is 1. The predicted molar refractivity (Wildman–Crippen MR) is 118 cm³/mol. The minimum atomic E-state index is -0.500.